The fraction of sp³-hybridized carbons (Fsp3) is 1.00. The van der Waals surface area contributed by atoms with Gasteiger partial charge in [0.1, 0.15) is 0 Å². The third-order valence-corrected chi connectivity index (χ3v) is 1.80. The lowest BCUT2D eigenvalue weighted by Gasteiger charge is -2.04. The molecule has 0 radical (unpaired) electrons. The van der Waals surface area contributed by atoms with Gasteiger partial charge in [-0.3, -0.25) is 0 Å². The van der Waals surface area contributed by atoms with Gasteiger partial charge >= 0.3 is 0 Å². The highest BCUT2D eigenvalue weighted by Crippen LogP contribution is 2.00. The predicted octanol–water partition coefficient (Wildman–Crippen LogP) is 2.35. The summed E-state index contributed by atoms with van der Waals surface area (Å²) in [6, 6.07) is 0. The molecule has 1 atom stereocenters. The maximum Gasteiger partial charge on any atom is 0.0512 e. The largest absolute Gasteiger partial charge is 0.393 e. The van der Waals surface area contributed by atoms with E-state index in [9.17, 15) is 0 Å². The van der Waals surface area contributed by atoms with Crippen LogP contribution in [0.3, 0.4) is 0 Å². The number of rotatable bonds is 8. The van der Waals surface area contributed by atoms with Crippen molar-refractivity contribution in [3.05, 3.63) is 0 Å². The van der Waals surface area contributed by atoms with Crippen LogP contribution in [0.1, 0.15) is 46.0 Å². The zero-order valence-electron chi connectivity index (χ0n) is 8.38. The second kappa shape index (κ2) is 9.01. The van der Waals surface area contributed by atoms with Crippen molar-refractivity contribution in [1.29, 1.82) is 0 Å². The number of aliphatic hydroxyl groups is 1. The summed E-state index contributed by atoms with van der Waals surface area (Å²) in [5.41, 5.74) is 0. The number of hydrogen-bond acceptors (Lipinski definition) is 2. The van der Waals surface area contributed by atoms with E-state index in [-0.39, 0.29) is 6.10 Å². The molecule has 2 heteroatoms. The third kappa shape index (κ3) is 9.92. The Kier molecular flexibility index (Phi) is 8.95. The Morgan fingerprint density at radius 3 is 2.42 bits per heavy atom. The predicted molar refractivity (Wildman–Crippen MR) is 51.3 cm³/mol. The molecule has 0 saturated carbocycles. The fourth-order valence-electron chi connectivity index (χ4n) is 0.992. The summed E-state index contributed by atoms with van der Waals surface area (Å²) < 4.78 is 5.37. The molecule has 0 heterocycles. The molecule has 0 aliphatic carbocycles. The van der Waals surface area contributed by atoms with E-state index in [4.69, 9.17) is 9.84 Å². The van der Waals surface area contributed by atoms with Crippen molar-refractivity contribution in [1.82, 2.24) is 0 Å². The van der Waals surface area contributed by atoms with Gasteiger partial charge in [0.05, 0.1) is 6.10 Å². The Morgan fingerprint density at radius 2 is 1.83 bits per heavy atom. The van der Waals surface area contributed by atoms with Crippen LogP contribution in [0.25, 0.3) is 0 Å². The van der Waals surface area contributed by atoms with E-state index in [1.807, 2.05) is 6.92 Å². The molecular weight excluding hydrogens is 152 g/mol. The van der Waals surface area contributed by atoms with Crippen molar-refractivity contribution >= 4 is 0 Å². The molecule has 0 unspecified atom stereocenters. The zero-order valence-corrected chi connectivity index (χ0v) is 8.38. The maximum atomic E-state index is 8.95. The Labute approximate surface area is 75.9 Å². The number of ether oxygens (including phenoxy) is 1. The summed E-state index contributed by atoms with van der Waals surface area (Å²) in [5.74, 6) is 0. The van der Waals surface area contributed by atoms with Crippen LogP contribution >= 0.6 is 0 Å². The Morgan fingerprint density at radius 1 is 1.17 bits per heavy atom. The highest BCUT2D eigenvalue weighted by Gasteiger charge is 1.94. The van der Waals surface area contributed by atoms with E-state index in [0.717, 1.165) is 38.9 Å². The van der Waals surface area contributed by atoms with Crippen molar-refractivity contribution in [2.75, 3.05) is 13.2 Å². The van der Waals surface area contributed by atoms with Crippen LogP contribution < -0.4 is 0 Å². The first-order valence-electron chi connectivity index (χ1n) is 5.03. The highest BCUT2D eigenvalue weighted by atomic mass is 16.5. The lowest BCUT2D eigenvalue weighted by atomic mass is 10.2. The van der Waals surface area contributed by atoms with Crippen LogP contribution in [-0.2, 0) is 4.74 Å². The molecule has 0 aromatic heterocycles. The normalized spacial score (nSPS) is 13.2. The summed E-state index contributed by atoms with van der Waals surface area (Å²) in [5, 5.41) is 8.95. The molecule has 0 saturated heterocycles. The topological polar surface area (TPSA) is 29.5 Å². The average Bonchev–Trinajstić information content (AvgIpc) is 2.02. The van der Waals surface area contributed by atoms with Gasteiger partial charge < -0.3 is 9.84 Å². The molecule has 0 fully saturated rings. The molecule has 12 heavy (non-hydrogen) atoms. The summed E-state index contributed by atoms with van der Waals surface area (Å²) in [6.07, 6.45) is 5.26. The van der Waals surface area contributed by atoms with Crippen molar-refractivity contribution in [3.63, 3.8) is 0 Å². The first-order chi connectivity index (χ1) is 5.77. The first kappa shape index (κ1) is 11.9. The van der Waals surface area contributed by atoms with Gasteiger partial charge in [0.25, 0.3) is 0 Å². The smallest absolute Gasteiger partial charge is 0.0512 e. The van der Waals surface area contributed by atoms with Crippen molar-refractivity contribution in [2.24, 2.45) is 0 Å². The standard InChI is InChI=1S/C10H22O2/c1-3-4-8-12-9-6-5-7-10(2)11/h10-11H,3-9H2,1-2H3/t10-/m1/s1. The fourth-order valence-corrected chi connectivity index (χ4v) is 0.992. The maximum absolute atomic E-state index is 8.95. The van der Waals surface area contributed by atoms with Crippen LogP contribution in [0.2, 0.25) is 0 Å². The second-order valence-electron chi connectivity index (χ2n) is 3.31. The molecule has 0 amide bonds. The van der Waals surface area contributed by atoms with Gasteiger partial charge in [-0.15, -0.1) is 0 Å². The molecule has 0 aliphatic rings. The molecule has 0 rings (SSSR count). The molecule has 0 aromatic rings. The highest BCUT2D eigenvalue weighted by molar-refractivity contribution is 4.47. The lowest BCUT2D eigenvalue weighted by Crippen LogP contribution is -2.01. The SMILES string of the molecule is CCCCOCCCC[C@@H](C)O. The van der Waals surface area contributed by atoms with Crippen LogP contribution in [0.5, 0.6) is 0 Å². The summed E-state index contributed by atoms with van der Waals surface area (Å²) in [4.78, 5) is 0. The second-order valence-corrected chi connectivity index (χ2v) is 3.31. The molecule has 74 valence electrons. The van der Waals surface area contributed by atoms with Crippen molar-refractivity contribution < 1.29 is 9.84 Å². The van der Waals surface area contributed by atoms with Crippen LogP contribution in [0.4, 0.5) is 0 Å². The Hall–Kier alpha value is -0.0800. The van der Waals surface area contributed by atoms with Gasteiger partial charge in [-0.1, -0.05) is 13.3 Å². The van der Waals surface area contributed by atoms with Crippen LogP contribution in [0, 0.1) is 0 Å². The zero-order chi connectivity index (χ0) is 9.23. The summed E-state index contributed by atoms with van der Waals surface area (Å²) in [7, 11) is 0. The minimum absolute atomic E-state index is 0.152. The molecule has 1 N–H and O–H groups in total. The first-order valence-corrected chi connectivity index (χ1v) is 5.03. The molecule has 0 spiro atoms. The van der Waals surface area contributed by atoms with E-state index < -0.39 is 0 Å². The molecule has 0 aliphatic heterocycles. The van der Waals surface area contributed by atoms with E-state index in [0.29, 0.717) is 0 Å². The minimum Gasteiger partial charge on any atom is -0.393 e. The van der Waals surface area contributed by atoms with Gasteiger partial charge in [-0.2, -0.15) is 0 Å². The number of aliphatic hydroxyl groups excluding tert-OH is 1. The van der Waals surface area contributed by atoms with E-state index in [1.165, 1.54) is 6.42 Å². The van der Waals surface area contributed by atoms with Gasteiger partial charge in [0, 0.05) is 13.2 Å². The Bertz CT molecular complexity index is 81.9. The van der Waals surface area contributed by atoms with Crippen LogP contribution in [0.15, 0.2) is 0 Å². The van der Waals surface area contributed by atoms with E-state index >= 15 is 0 Å². The summed E-state index contributed by atoms with van der Waals surface area (Å²) in [6.45, 7) is 5.74. The third-order valence-electron chi connectivity index (χ3n) is 1.80. The van der Waals surface area contributed by atoms with Gasteiger partial charge in [-0.25, -0.2) is 0 Å². The van der Waals surface area contributed by atoms with Gasteiger partial charge in [0.15, 0.2) is 0 Å². The lowest BCUT2D eigenvalue weighted by molar-refractivity contribution is 0.121. The summed E-state index contributed by atoms with van der Waals surface area (Å²) >= 11 is 0. The van der Waals surface area contributed by atoms with Gasteiger partial charge in [0.2, 0.25) is 0 Å². The van der Waals surface area contributed by atoms with E-state index in [1.54, 1.807) is 0 Å². The van der Waals surface area contributed by atoms with Crippen molar-refractivity contribution in [2.45, 2.75) is 52.1 Å². The molecule has 0 bridgehead atoms. The minimum atomic E-state index is -0.152. The Balaban J connectivity index is 2.82. The van der Waals surface area contributed by atoms with Crippen LogP contribution in [-0.4, -0.2) is 24.4 Å². The molecule has 2 nitrogen and oxygen atoms in total. The quantitative estimate of drug-likeness (QED) is 0.572. The van der Waals surface area contributed by atoms with Crippen molar-refractivity contribution in [3.8, 4) is 0 Å². The van der Waals surface area contributed by atoms with E-state index in [2.05, 4.69) is 6.92 Å². The monoisotopic (exact) mass is 174 g/mol. The van der Waals surface area contributed by atoms with Gasteiger partial charge in [-0.05, 0) is 32.6 Å². The average molecular weight is 174 g/mol. The number of unbranched alkanes of at least 4 members (excludes halogenated alkanes) is 2. The molecule has 0 aromatic carbocycles. The molecular formula is C10H22O2. The number of hydrogen-bond donors (Lipinski definition) is 1.